The Morgan fingerprint density at radius 2 is 1.65 bits per heavy atom. The van der Waals surface area contributed by atoms with Crippen LogP contribution in [0.3, 0.4) is 0 Å². The third-order valence-electron chi connectivity index (χ3n) is 4.44. The fraction of sp³-hybridized carbons (Fsp3) is 0.158. The average molecular weight is 507 g/mol. The molecule has 182 valence electrons. The van der Waals surface area contributed by atoms with Gasteiger partial charge >= 0.3 is 6.18 Å². The summed E-state index contributed by atoms with van der Waals surface area (Å²) in [5.74, 6) is -5.33. The maximum absolute atomic E-state index is 14.1. The Balaban J connectivity index is 1.98. The van der Waals surface area contributed by atoms with Crippen LogP contribution in [0.15, 0.2) is 48.8 Å². The molecule has 0 N–H and O–H groups in total. The number of hydrogen-bond acceptors (Lipinski definition) is 6. The van der Waals surface area contributed by atoms with Crippen LogP contribution in [0.2, 0.25) is 0 Å². The van der Waals surface area contributed by atoms with Crippen LogP contribution < -0.4 is 14.7 Å². The van der Waals surface area contributed by atoms with Gasteiger partial charge in [0.2, 0.25) is 0 Å². The van der Waals surface area contributed by atoms with Gasteiger partial charge in [-0.15, -0.1) is 0 Å². The first-order valence-corrected chi connectivity index (χ1v) is 10.5. The van der Waals surface area contributed by atoms with Gasteiger partial charge in [0.25, 0.3) is 5.91 Å². The molecule has 1 aromatic heterocycles. The fourth-order valence-electron chi connectivity index (χ4n) is 2.94. The Kier molecular flexibility index (Phi) is 7.17. The van der Waals surface area contributed by atoms with Gasteiger partial charge in [0.15, 0.2) is 0 Å². The second-order valence-corrected chi connectivity index (χ2v) is 7.85. The monoisotopic (exact) mass is 507 g/mol. The number of carbonyl (C=O) groups excluding carboxylic acids is 1. The van der Waals surface area contributed by atoms with E-state index in [0.717, 1.165) is 47.4 Å². The molecule has 0 atom stereocenters. The molecule has 34 heavy (non-hydrogen) atoms. The van der Waals surface area contributed by atoms with Crippen molar-refractivity contribution in [1.29, 1.82) is 0 Å². The van der Waals surface area contributed by atoms with E-state index in [2.05, 4.69) is 9.62 Å². The molecule has 0 radical (unpaired) electrons. The lowest BCUT2D eigenvalue weighted by Crippen LogP contribution is -2.35. The number of amides is 1. The van der Waals surface area contributed by atoms with Crippen molar-refractivity contribution in [3.05, 3.63) is 82.9 Å². The number of nitrogens with zero attached hydrogens (tertiary/aromatic N) is 3. The van der Waals surface area contributed by atoms with E-state index < -0.39 is 73.0 Å². The summed E-state index contributed by atoms with van der Waals surface area (Å²) in [4.78, 5) is 34.8. The number of benzene rings is 2. The van der Waals surface area contributed by atoms with Gasteiger partial charge in [-0.25, -0.2) is 13.2 Å². The standard InChI is InChI=1S/C19H14F6N3O5P/c20-14-4-1-3-13(19(23,24)25)12(14)9-27-8-11(7-26-27)28(10-33-34(30,31)32)18(29)17-15(21)5-2-6-16(17)22/h1-8H,9-10H2,(H2,30,31,32)/p-2. The van der Waals surface area contributed by atoms with Crippen LogP contribution in [0.1, 0.15) is 21.5 Å². The first-order valence-electron chi connectivity index (χ1n) is 9.07. The van der Waals surface area contributed by atoms with Gasteiger partial charge < -0.3 is 18.9 Å². The van der Waals surface area contributed by atoms with E-state index in [1.54, 1.807) is 0 Å². The molecule has 0 bridgehead atoms. The second kappa shape index (κ2) is 9.58. The minimum absolute atomic E-state index is 0.319. The molecule has 3 rings (SSSR count). The van der Waals surface area contributed by atoms with Crippen molar-refractivity contribution in [2.24, 2.45) is 0 Å². The first-order chi connectivity index (χ1) is 15.8. The molecule has 0 fully saturated rings. The highest BCUT2D eigenvalue weighted by atomic mass is 31.2. The summed E-state index contributed by atoms with van der Waals surface area (Å²) < 4.78 is 97.6. The molecule has 0 saturated carbocycles. The summed E-state index contributed by atoms with van der Waals surface area (Å²) >= 11 is 0. The van der Waals surface area contributed by atoms with E-state index in [1.165, 1.54) is 0 Å². The molecule has 0 spiro atoms. The van der Waals surface area contributed by atoms with Crippen molar-refractivity contribution in [3.8, 4) is 0 Å². The molecule has 0 unspecified atom stereocenters. The normalized spacial score (nSPS) is 12.1. The highest BCUT2D eigenvalue weighted by Crippen LogP contribution is 2.34. The van der Waals surface area contributed by atoms with Crippen molar-refractivity contribution >= 4 is 19.4 Å². The summed E-state index contributed by atoms with van der Waals surface area (Å²) in [7, 11) is -5.66. The van der Waals surface area contributed by atoms with Crippen molar-refractivity contribution in [2.75, 3.05) is 11.6 Å². The van der Waals surface area contributed by atoms with Crippen molar-refractivity contribution in [3.63, 3.8) is 0 Å². The van der Waals surface area contributed by atoms with Gasteiger partial charge in [0.05, 0.1) is 31.8 Å². The van der Waals surface area contributed by atoms with E-state index in [1.807, 2.05) is 0 Å². The van der Waals surface area contributed by atoms with Gasteiger partial charge in [0.1, 0.15) is 29.7 Å². The van der Waals surface area contributed by atoms with E-state index in [4.69, 9.17) is 0 Å². The molecule has 1 amide bonds. The molecule has 8 nitrogen and oxygen atoms in total. The van der Waals surface area contributed by atoms with Gasteiger partial charge in [-0.2, -0.15) is 18.3 Å². The smallest absolute Gasteiger partial charge is 0.416 e. The predicted molar refractivity (Wildman–Crippen MR) is 99.5 cm³/mol. The largest absolute Gasteiger partial charge is 0.790 e. The number of phosphoric ester groups is 1. The van der Waals surface area contributed by atoms with Crippen molar-refractivity contribution < 1.29 is 50.0 Å². The van der Waals surface area contributed by atoms with Crippen LogP contribution in [0.25, 0.3) is 0 Å². The number of aromatic nitrogens is 2. The maximum Gasteiger partial charge on any atom is 0.416 e. The number of anilines is 1. The number of halogens is 6. The van der Waals surface area contributed by atoms with Gasteiger partial charge in [-0.3, -0.25) is 14.4 Å². The van der Waals surface area contributed by atoms with Crippen LogP contribution in [-0.4, -0.2) is 22.4 Å². The molecule has 1 heterocycles. The van der Waals surface area contributed by atoms with Gasteiger partial charge in [0, 0.05) is 11.8 Å². The van der Waals surface area contributed by atoms with E-state index in [-0.39, 0.29) is 0 Å². The lowest BCUT2D eigenvalue weighted by molar-refractivity contribution is -0.341. The molecular formula is C19H12F6N3O5P-2. The maximum atomic E-state index is 14.1. The first kappa shape index (κ1) is 25.4. The van der Waals surface area contributed by atoms with Gasteiger partial charge in [-0.1, -0.05) is 12.1 Å². The summed E-state index contributed by atoms with van der Waals surface area (Å²) in [5, 5.41) is 3.68. The lowest BCUT2D eigenvalue weighted by Gasteiger charge is -2.31. The number of rotatable bonds is 7. The number of carbonyl (C=O) groups is 1. The Bertz CT molecular complexity index is 1240. The Hall–Kier alpha value is -3.19. The summed E-state index contributed by atoms with van der Waals surface area (Å²) in [6.07, 6.45) is -3.21. The Morgan fingerprint density at radius 1 is 1.06 bits per heavy atom. The molecular weight excluding hydrogens is 495 g/mol. The summed E-state index contributed by atoms with van der Waals surface area (Å²) in [6, 6.07) is 4.73. The zero-order valence-corrected chi connectivity index (χ0v) is 17.5. The van der Waals surface area contributed by atoms with Crippen molar-refractivity contribution in [2.45, 2.75) is 12.7 Å². The number of phosphoric acid groups is 1. The molecule has 15 heteroatoms. The summed E-state index contributed by atoms with van der Waals surface area (Å²) in [5.41, 5.74) is -3.61. The van der Waals surface area contributed by atoms with E-state index >= 15 is 0 Å². The predicted octanol–water partition coefficient (Wildman–Crippen LogP) is 2.82. The average Bonchev–Trinajstić information content (AvgIpc) is 3.16. The summed E-state index contributed by atoms with van der Waals surface area (Å²) in [6.45, 7) is -2.10. The fourth-order valence-corrected chi connectivity index (χ4v) is 3.20. The topological polar surface area (TPSA) is 111 Å². The third kappa shape index (κ3) is 5.83. The van der Waals surface area contributed by atoms with E-state index in [9.17, 15) is 45.5 Å². The molecule has 3 aromatic rings. The zero-order chi connectivity index (χ0) is 25.3. The number of hydrogen-bond donors (Lipinski definition) is 0. The third-order valence-corrected chi connectivity index (χ3v) is 4.87. The molecule has 0 aliphatic rings. The van der Waals surface area contributed by atoms with Crippen LogP contribution in [-0.2, 0) is 21.8 Å². The minimum atomic E-state index is -5.66. The van der Waals surface area contributed by atoms with Crippen LogP contribution >= 0.6 is 7.82 Å². The SMILES string of the molecule is O=C(c1c(F)cccc1F)N(COP(=O)([O-])[O-])c1cnn(Cc2c(F)cccc2C(F)(F)F)c1. The van der Waals surface area contributed by atoms with E-state index in [0.29, 0.717) is 11.0 Å². The second-order valence-electron chi connectivity index (χ2n) is 6.70. The lowest BCUT2D eigenvalue weighted by atomic mass is 10.1. The quantitative estimate of drug-likeness (QED) is 0.276. The zero-order valence-electron chi connectivity index (χ0n) is 16.6. The molecule has 0 saturated heterocycles. The van der Waals surface area contributed by atoms with Crippen LogP contribution in [0.4, 0.5) is 32.0 Å². The molecule has 2 aromatic carbocycles. The molecule has 0 aliphatic heterocycles. The van der Waals surface area contributed by atoms with Gasteiger partial charge in [-0.05, 0) is 24.3 Å². The highest BCUT2D eigenvalue weighted by molar-refractivity contribution is 7.43. The van der Waals surface area contributed by atoms with Crippen molar-refractivity contribution in [1.82, 2.24) is 9.78 Å². The highest BCUT2D eigenvalue weighted by Gasteiger charge is 2.34. The minimum Gasteiger partial charge on any atom is -0.790 e. The van der Waals surface area contributed by atoms with Crippen LogP contribution in [0.5, 0.6) is 0 Å². The molecule has 0 aliphatic carbocycles. The van der Waals surface area contributed by atoms with Crippen LogP contribution in [0, 0.1) is 17.5 Å². The Labute approximate surface area is 187 Å². The number of alkyl halides is 3. The Morgan fingerprint density at radius 3 is 2.24 bits per heavy atom.